The zero-order valence-electron chi connectivity index (χ0n) is 10.5. The molecule has 1 aliphatic rings. The number of imidazole rings is 1. The number of aryl methyl sites for hydroxylation is 2. The summed E-state index contributed by atoms with van der Waals surface area (Å²) in [5.41, 5.74) is 3.70. The fourth-order valence-corrected chi connectivity index (χ4v) is 2.57. The molecule has 1 aromatic heterocycles. The van der Waals surface area contributed by atoms with Crippen LogP contribution in [0.3, 0.4) is 0 Å². The van der Waals surface area contributed by atoms with E-state index in [-0.39, 0.29) is 0 Å². The summed E-state index contributed by atoms with van der Waals surface area (Å²) in [6, 6.07) is 8.48. The van der Waals surface area contributed by atoms with Crippen molar-refractivity contribution in [3.05, 3.63) is 41.9 Å². The number of fused-ring (bicyclic) bond motifs is 1. The van der Waals surface area contributed by atoms with Gasteiger partial charge in [0.05, 0.1) is 5.69 Å². The zero-order valence-corrected chi connectivity index (χ0v) is 10.5. The molecule has 0 amide bonds. The van der Waals surface area contributed by atoms with Crippen LogP contribution in [-0.2, 0) is 13.0 Å². The lowest BCUT2D eigenvalue weighted by atomic mass is 10.0. The van der Waals surface area contributed by atoms with Crippen molar-refractivity contribution < 1.29 is 0 Å². The second-order valence-corrected chi connectivity index (χ2v) is 5.15. The first-order valence-corrected chi connectivity index (χ1v) is 6.36. The predicted molar refractivity (Wildman–Crippen MR) is 69.9 cm³/mol. The van der Waals surface area contributed by atoms with Gasteiger partial charge < -0.3 is 4.57 Å². The van der Waals surface area contributed by atoms with Gasteiger partial charge in [-0.3, -0.25) is 0 Å². The standard InChI is InChI=1S/C15H18N2/c1-11-7-8-17-10-14(16-15(17)9-11)13-6-4-3-5-12(13)2/h3-6,10-11H,7-9H2,1-2H3/t11-/m1/s1. The average Bonchev–Trinajstić information content (AvgIpc) is 2.72. The number of hydrogen-bond donors (Lipinski definition) is 0. The second kappa shape index (κ2) is 4.02. The molecule has 0 fully saturated rings. The van der Waals surface area contributed by atoms with Crippen LogP contribution in [0.25, 0.3) is 11.3 Å². The fraction of sp³-hybridized carbons (Fsp3) is 0.400. The Bertz CT molecular complexity index is 540. The molecular formula is C15H18N2. The van der Waals surface area contributed by atoms with Gasteiger partial charge in [0.2, 0.25) is 0 Å². The molecule has 2 nitrogen and oxygen atoms in total. The Kier molecular flexibility index (Phi) is 2.50. The Morgan fingerprint density at radius 3 is 2.94 bits per heavy atom. The van der Waals surface area contributed by atoms with Crippen LogP contribution in [0.5, 0.6) is 0 Å². The third kappa shape index (κ3) is 1.88. The van der Waals surface area contributed by atoms with Gasteiger partial charge in [0.15, 0.2) is 0 Å². The molecule has 0 radical (unpaired) electrons. The van der Waals surface area contributed by atoms with Gasteiger partial charge in [-0.05, 0) is 24.8 Å². The number of rotatable bonds is 1. The van der Waals surface area contributed by atoms with Crippen molar-refractivity contribution in [1.82, 2.24) is 9.55 Å². The van der Waals surface area contributed by atoms with Crippen molar-refractivity contribution in [2.45, 2.75) is 33.2 Å². The van der Waals surface area contributed by atoms with Crippen LogP contribution in [0.2, 0.25) is 0 Å². The van der Waals surface area contributed by atoms with Gasteiger partial charge in [-0.15, -0.1) is 0 Å². The van der Waals surface area contributed by atoms with Crippen molar-refractivity contribution in [3.8, 4) is 11.3 Å². The summed E-state index contributed by atoms with van der Waals surface area (Å²) in [5.74, 6) is 2.02. The van der Waals surface area contributed by atoms with Crippen LogP contribution < -0.4 is 0 Å². The molecule has 2 heterocycles. The van der Waals surface area contributed by atoms with Crippen LogP contribution >= 0.6 is 0 Å². The molecule has 0 N–H and O–H groups in total. The normalized spacial score (nSPS) is 19.1. The molecular weight excluding hydrogens is 208 g/mol. The summed E-state index contributed by atoms with van der Waals surface area (Å²) < 4.78 is 2.32. The highest BCUT2D eigenvalue weighted by molar-refractivity contribution is 5.62. The van der Waals surface area contributed by atoms with E-state index in [0.717, 1.165) is 24.6 Å². The Morgan fingerprint density at radius 1 is 1.29 bits per heavy atom. The Balaban J connectivity index is 2.03. The maximum absolute atomic E-state index is 4.80. The van der Waals surface area contributed by atoms with Gasteiger partial charge >= 0.3 is 0 Å². The summed E-state index contributed by atoms with van der Waals surface area (Å²) >= 11 is 0. The number of aromatic nitrogens is 2. The van der Waals surface area contributed by atoms with Gasteiger partial charge in [0, 0.05) is 24.7 Å². The summed E-state index contributed by atoms with van der Waals surface area (Å²) in [5, 5.41) is 0. The molecule has 1 aliphatic heterocycles. The van der Waals surface area contributed by atoms with E-state index in [1.807, 2.05) is 0 Å². The minimum Gasteiger partial charge on any atom is -0.334 e. The summed E-state index contributed by atoms with van der Waals surface area (Å²) in [6.45, 7) is 5.58. The van der Waals surface area contributed by atoms with Crippen molar-refractivity contribution >= 4 is 0 Å². The Morgan fingerprint density at radius 2 is 2.12 bits per heavy atom. The highest BCUT2D eigenvalue weighted by atomic mass is 15.1. The molecule has 0 unspecified atom stereocenters. The Labute approximate surface area is 102 Å². The molecule has 17 heavy (non-hydrogen) atoms. The van der Waals surface area contributed by atoms with E-state index in [9.17, 15) is 0 Å². The van der Waals surface area contributed by atoms with Crippen molar-refractivity contribution in [1.29, 1.82) is 0 Å². The number of hydrogen-bond acceptors (Lipinski definition) is 1. The smallest absolute Gasteiger partial charge is 0.109 e. The molecule has 0 saturated heterocycles. The van der Waals surface area contributed by atoms with E-state index >= 15 is 0 Å². The number of nitrogens with zero attached hydrogens (tertiary/aromatic N) is 2. The average molecular weight is 226 g/mol. The summed E-state index contributed by atoms with van der Waals surface area (Å²) in [7, 11) is 0. The third-order valence-electron chi connectivity index (χ3n) is 3.67. The lowest BCUT2D eigenvalue weighted by molar-refractivity contribution is 0.409. The molecule has 1 aromatic carbocycles. The first-order valence-electron chi connectivity index (χ1n) is 6.36. The minimum absolute atomic E-state index is 0.773. The summed E-state index contributed by atoms with van der Waals surface area (Å²) in [4.78, 5) is 4.80. The Hall–Kier alpha value is -1.57. The SMILES string of the molecule is Cc1ccccc1-c1cn2c(n1)C[C@H](C)CC2. The molecule has 0 bridgehead atoms. The van der Waals surface area contributed by atoms with E-state index in [1.54, 1.807) is 0 Å². The van der Waals surface area contributed by atoms with Crippen molar-refractivity contribution in [2.24, 2.45) is 5.92 Å². The molecule has 0 saturated carbocycles. The molecule has 2 heteroatoms. The summed E-state index contributed by atoms with van der Waals surface area (Å²) in [6.07, 6.45) is 4.60. The monoisotopic (exact) mass is 226 g/mol. The van der Waals surface area contributed by atoms with E-state index in [2.05, 4.69) is 48.9 Å². The molecule has 1 atom stereocenters. The lowest BCUT2D eigenvalue weighted by Crippen LogP contribution is -2.16. The van der Waals surface area contributed by atoms with Crippen LogP contribution in [-0.4, -0.2) is 9.55 Å². The van der Waals surface area contributed by atoms with Crippen LogP contribution in [0.1, 0.15) is 24.7 Å². The third-order valence-corrected chi connectivity index (χ3v) is 3.67. The molecule has 0 aliphatic carbocycles. The van der Waals surface area contributed by atoms with Gasteiger partial charge in [-0.1, -0.05) is 31.2 Å². The molecule has 3 rings (SSSR count). The minimum atomic E-state index is 0.773. The predicted octanol–water partition coefficient (Wildman–Crippen LogP) is 3.44. The van der Waals surface area contributed by atoms with Crippen LogP contribution in [0, 0.1) is 12.8 Å². The van der Waals surface area contributed by atoms with E-state index < -0.39 is 0 Å². The zero-order chi connectivity index (χ0) is 11.8. The van der Waals surface area contributed by atoms with Crippen LogP contribution in [0.15, 0.2) is 30.5 Å². The largest absolute Gasteiger partial charge is 0.334 e. The van der Waals surface area contributed by atoms with E-state index in [4.69, 9.17) is 4.98 Å². The maximum Gasteiger partial charge on any atom is 0.109 e. The fourth-order valence-electron chi connectivity index (χ4n) is 2.57. The van der Waals surface area contributed by atoms with Crippen molar-refractivity contribution in [2.75, 3.05) is 0 Å². The highest BCUT2D eigenvalue weighted by Gasteiger charge is 2.18. The van der Waals surface area contributed by atoms with E-state index in [1.165, 1.54) is 23.4 Å². The maximum atomic E-state index is 4.80. The van der Waals surface area contributed by atoms with Gasteiger partial charge in [-0.2, -0.15) is 0 Å². The molecule has 2 aromatic rings. The molecule has 0 spiro atoms. The topological polar surface area (TPSA) is 17.8 Å². The number of benzene rings is 1. The molecule has 88 valence electrons. The highest BCUT2D eigenvalue weighted by Crippen LogP contribution is 2.26. The van der Waals surface area contributed by atoms with Gasteiger partial charge in [0.25, 0.3) is 0 Å². The second-order valence-electron chi connectivity index (χ2n) is 5.15. The quantitative estimate of drug-likeness (QED) is 0.728. The first kappa shape index (κ1) is 10.6. The van der Waals surface area contributed by atoms with Crippen molar-refractivity contribution in [3.63, 3.8) is 0 Å². The van der Waals surface area contributed by atoms with Gasteiger partial charge in [-0.25, -0.2) is 4.98 Å². The first-order chi connectivity index (χ1) is 8.24. The lowest BCUT2D eigenvalue weighted by Gasteiger charge is -2.18. The van der Waals surface area contributed by atoms with Crippen LogP contribution in [0.4, 0.5) is 0 Å². The van der Waals surface area contributed by atoms with Gasteiger partial charge in [0.1, 0.15) is 5.82 Å². The van der Waals surface area contributed by atoms with E-state index in [0.29, 0.717) is 0 Å².